The van der Waals surface area contributed by atoms with Crippen LogP contribution in [0.2, 0.25) is 0 Å². The maximum absolute atomic E-state index is 9.47. The van der Waals surface area contributed by atoms with E-state index in [1.54, 1.807) is 0 Å². The highest BCUT2D eigenvalue weighted by molar-refractivity contribution is 9.11. The largest absolute Gasteiger partial charge is 0.398 e. The molecule has 0 amide bonds. The molecule has 0 heterocycles. The summed E-state index contributed by atoms with van der Waals surface area (Å²) in [5.74, 6) is 0. The molecule has 1 aromatic carbocycles. The van der Waals surface area contributed by atoms with Crippen LogP contribution < -0.4 is 11.1 Å². The van der Waals surface area contributed by atoms with Gasteiger partial charge in [-0.05, 0) is 59.3 Å². The SMILES string of the molecule is Nc1c(Br)cc(Br)cc1CN[C@H]1CC[C@H](O)CC1.O=[N+]([O-])O. The van der Waals surface area contributed by atoms with Gasteiger partial charge < -0.3 is 21.4 Å². The van der Waals surface area contributed by atoms with Crippen molar-refractivity contribution in [3.05, 3.63) is 36.8 Å². The highest BCUT2D eigenvalue weighted by Crippen LogP contribution is 2.28. The van der Waals surface area contributed by atoms with Crippen LogP contribution in [0.5, 0.6) is 0 Å². The van der Waals surface area contributed by atoms with Crippen LogP contribution in [0.15, 0.2) is 21.1 Å². The summed E-state index contributed by atoms with van der Waals surface area (Å²) in [6.45, 7) is 0.768. The number of aliphatic hydroxyl groups is 1. The average Bonchev–Trinajstić information content (AvgIpc) is 2.42. The van der Waals surface area contributed by atoms with Crippen LogP contribution in [0, 0.1) is 10.1 Å². The number of aliphatic hydroxyl groups excluding tert-OH is 1. The minimum atomic E-state index is -1.50. The Balaban J connectivity index is 0.000000541. The molecule has 0 saturated heterocycles. The first-order chi connectivity index (χ1) is 10.3. The van der Waals surface area contributed by atoms with E-state index in [4.69, 9.17) is 21.1 Å². The quantitative estimate of drug-likeness (QED) is 0.325. The van der Waals surface area contributed by atoms with Crippen molar-refractivity contribution in [1.82, 2.24) is 5.32 Å². The minimum absolute atomic E-state index is 0.104. The van der Waals surface area contributed by atoms with E-state index in [1.807, 2.05) is 12.1 Å². The zero-order valence-electron chi connectivity index (χ0n) is 11.8. The molecule has 0 bridgehead atoms. The first kappa shape index (κ1) is 19.1. The molecule has 5 N–H and O–H groups in total. The van der Waals surface area contributed by atoms with Crippen molar-refractivity contribution in [1.29, 1.82) is 0 Å². The molecular formula is C13H19Br2N3O4. The van der Waals surface area contributed by atoms with Gasteiger partial charge in [-0.2, -0.15) is 0 Å². The predicted molar refractivity (Wildman–Crippen MR) is 90.1 cm³/mol. The van der Waals surface area contributed by atoms with Crippen molar-refractivity contribution in [2.75, 3.05) is 5.73 Å². The Labute approximate surface area is 145 Å². The lowest BCUT2D eigenvalue weighted by molar-refractivity contribution is -0.742. The number of halogens is 2. The summed E-state index contributed by atoms with van der Waals surface area (Å²) < 4.78 is 1.95. The van der Waals surface area contributed by atoms with Gasteiger partial charge in [0.1, 0.15) is 0 Å². The molecule has 22 heavy (non-hydrogen) atoms. The van der Waals surface area contributed by atoms with Crippen molar-refractivity contribution in [2.24, 2.45) is 0 Å². The topological polar surface area (TPSA) is 122 Å². The highest BCUT2D eigenvalue weighted by atomic mass is 79.9. The fourth-order valence-corrected chi connectivity index (χ4v) is 3.63. The first-order valence-electron chi connectivity index (χ1n) is 6.77. The average molecular weight is 441 g/mol. The molecular weight excluding hydrogens is 422 g/mol. The van der Waals surface area contributed by atoms with Gasteiger partial charge in [-0.25, -0.2) is 0 Å². The van der Waals surface area contributed by atoms with E-state index in [-0.39, 0.29) is 6.10 Å². The van der Waals surface area contributed by atoms with Crippen LogP contribution in [0.1, 0.15) is 31.2 Å². The number of nitrogens with one attached hydrogen (secondary N) is 1. The summed E-state index contributed by atoms with van der Waals surface area (Å²) in [5.41, 5.74) is 7.93. The lowest BCUT2D eigenvalue weighted by atomic mass is 9.93. The van der Waals surface area contributed by atoms with Gasteiger partial charge in [0, 0.05) is 21.5 Å². The zero-order valence-corrected chi connectivity index (χ0v) is 15.0. The predicted octanol–water partition coefficient (Wildman–Crippen LogP) is 2.84. The van der Waals surface area contributed by atoms with E-state index >= 15 is 0 Å². The third-order valence-corrected chi connectivity index (χ3v) is 4.57. The lowest BCUT2D eigenvalue weighted by Crippen LogP contribution is -2.34. The van der Waals surface area contributed by atoms with Gasteiger partial charge in [-0.15, -0.1) is 10.1 Å². The Hall–Kier alpha value is -0.900. The Morgan fingerprint density at radius 1 is 1.32 bits per heavy atom. The molecule has 0 radical (unpaired) electrons. The van der Waals surface area contributed by atoms with Gasteiger partial charge in [-0.3, -0.25) is 0 Å². The summed E-state index contributed by atoms with van der Waals surface area (Å²) in [7, 11) is 0. The smallest absolute Gasteiger partial charge is 0.291 e. The Bertz CT molecular complexity index is 504. The molecule has 1 saturated carbocycles. The highest BCUT2D eigenvalue weighted by Gasteiger charge is 2.19. The van der Waals surface area contributed by atoms with Gasteiger partial charge in [0.2, 0.25) is 0 Å². The van der Waals surface area contributed by atoms with E-state index < -0.39 is 5.09 Å². The fourth-order valence-electron chi connectivity index (χ4n) is 2.32. The standard InChI is InChI=1S/C13H18Br2N2O.HNO3/c14-9-5-8(13(16)12(15)6-9)7-17-10-1-3-11(18)4-2-10;2-1(3)4/h5-6,10-11,17-18H,1-4,7,16H2;(H,2,3,4)/t10-,11-;. The molecule has 0 spiro atoms. The van der Waals surface area contributed by atoms with E-state index in [0.717, 1.165) is 52.4 Å². The second-order valence-electron chi connectivity index (χ2n) is 5.08. The Morgan fingerprint density at radius 2 is 1.86 bits per heavy atom. The fraction of sp³-hybridized carbons (Fsp3) is 0.538. The molecule has 7 nitrogen and oxygen atoms in total. The maximum Gasteiger partial charge on any atom is 0.291 e. The first-order valence-corrected chi connectivity index (χ1v) is 8.36. The van der Waals surface area contributed by atoms with Crippen molar-refractivity contribution < 1.29 is 15.4 Å². The normalized spacial score (nSPS) is 20.9. The molecule has 1 aliphatic carbocycles. The number of nitrogen functional groups attached to an aromatic ring is 1. The second kappa shape index (κ2) is 9.29. The molecule has 1 aromatic rings. The van der Waals surface area contributed by atoms with E-state index in [2.05, 4.69) is 37.2 Å². The molecule has 0 aromatic heterocycles. The number of rotatable bonds is 3. The van der Waals surface area contributed by atoms with Gasteiger partial charge in [0.15, 0.2) is 0 Å². The van der Waals surface area contributed by atoms with Gasteiger partial charge in [0.05, 0.1) is 11.8 Å². The zero-order chi connectivity index (χ0) is 16.7. The molecule has 1 fully saturated rings. The number of nitrogens with two attached hydrogens (primary N) is 1. The number of benzene rings is 1. The summed E-state index contributed by atoms with van der Waals surface area (Å²) >= 11 is 6.93. The molecule has 0 atom stereocenters. The number of hydrogen-bond acceptors (Lipinski definition) is 5. The van der Waals surface area contributed by atoms with Crippen LogP contribution in [-0.4, -0.2) is 27.5 Å². The van der Waals surface area contributed by atoms with Crippen LogP contribution in [0.3, 0.4) is 0 Å². The summed E-state index contributed by atoms with van der Waals surface area (Å²) in [6, 6.07) is 4.49. The van der Waals surface area contributed by atoms with Crippen molar-refractivity contribution in [3.8, 4) is 0 Å². The third kappa shape index (κ3) is 6.91. The van der Waals surface area contributed by atoms with Crippen LogP contribution in [-0.2, 0) is 6.54 Å². The Kier molecular flexibility index (Phi) is 8.08. The molecule has 1 aliphatic rings. The van der Waals surface area contributed by atoms with Crippen molar-refractivity contribution in [3.63, 3.8) is 0 Å². The summed E-state index contributed by atoms with van der Waals surface area (Å²) in [4.78, 5) is 8.36. The molecule has 9 heteroatoms. The number of nitrogens with zero attached hydrogens (tertiary/aromatic N) is 1. The Morgan fingerprint density at radius 3 is 2.41 bits per heavy atom. The lowest BCUT2D eigenvalue weighted by Gasteiger charge is -2.26. The summed E-state index contributed by atoms with van der Waals surface area (Å²) in [6.07, 6.45) is 3.77. The monoisotopic (exact) mass is 439 g/mol. The van der Waals surface area contributed by atoms with Gasteiger partial charge in [0.25, 0.3) is 5.09 Å². The molecule has 2 rings (SSSR count). The number of anilines is 1. The maximum atomic E-state index is 9.47. The van der Waals surface area contributed by atoms with E-state index in [1.165, 1.54) is 0 Å². The van der Waals surface area contributed by atoms with Gasteiger partial charge in [-0.1, -0.05) is 15.9 Å². The number of hydrogen-bond donors (Lipinski definition) is 4. The minimum Gasteiger partial charge on any atom is -0.398 e. The van der Waals surface area contributed by atoms with Gasteiger partial charge >= 0.3 is 0 Å². The third-order valence-electron chi connectivity index (χ3n) is 3.46. The van der Waals surface area contributed by atoms with Crippen LogP contribution >= 0.6 is 31.9 Å². The van der Waals surface area contributed by atoms with Crippen LogP contribution in [0.4, 0.5) is 5.69 Å². The van der Waals surface area contributed by atoms with Crippen molar-refractivity contribution >= 4 is 37.5 Å². The second-order valence-corrected chi connectivity index (χ2v) is 6.85. The molecule has 0 aliphatic heterocycles. The van der Waals surface area contributed by atoms with E-state index in [0.29, 0.717) is 6.04 Å². The van der Waals surface area contributed by atoms with E-state index in [9.17, 15) is 5.11 Å². The molecule has 124 valence electrons. The molecule has 0 unspecified atom stereocenters. The van der Waals surface area contributed by atoms with Crippen LogP contribution in [0.25, 0.3) is 0 Å². The van der Waals surface area contributed by atoms with Crippen molar-refractivity contribution in [2.45, 2.75) is 44.4 Å². The summed E-state index contributed by atoms with van der Waals surface area (Å²) in [5, 5.41) is 26.6.